The van der Waals surface area contributed by atoms with Gasteiger partial charge in [0.05, 0.1) is 6.10 Å². The summed E-state index contributed by atoms with van der Waals surface area (Å²) in [4.78, 5) is 11.5. The predicted octanol–water partition coefficient (Wildman–Crippen LogP) is 0.922. The van der Waals surface area contributed by atoms with Gasteiger partial charge in [-0.15, -0.1) is 5.10 Å². The van der Waals surface area contributed by atoms with Crippen LogP contribution in [-0.4, -0.2) is 32.3 Å². The zero-order chi connectivity index (χ0) is 12.3. The van der Waals surface area contributed by atoms with Gasteiger partial charge in [0.2, 0.25) is 0 Å². The Hall–Kier alpha value is -1.46. The van der Waals surface area contributed by atoms with E-state index in [1.54, 1.807) is 0 Å². The van der Waals surface area contributed by atoms with E-state index in [0.717, 1.165) is 0 Å². The number of tetrazole rings is 1. The lowest BCUT2D eigenvalue weighted by Gasteiger charge is -2.17. The van der Waals surface area contributed by atoms with Crippen LogP contribution in [0, 0.1) is 0 Å². The quantitative estimate of drug-likeness (QED) is 0.717. The van der Waals surface area contributed by atoms with E-state index in [0.29, 0.717) is 5.82 Å². The first-order valence-electron chi connectivity index (χ1n) is 5.27. The standard InChI is InChI=1S/C10H18N4O2/c1-7(2)16-8(15)6-14-9(10(3,4)5)11-12-13-14/h7H,6H2,1-5H3. The Morgan fingerprint density at radius 3 is 2.56 bits per heavy atom. The second-order valence-corrected chi connectivity index (χ2v) is 4.95. The summed E-state index contributed by atoms with van der Waals surface area (Å²) in [6.45, 7) is 9.64. The number of carbonyl (C=O) groups is 1. The van der Waals surface area contributed by atoms with Gasteiger partial charge in [-0.05, 0) is 24.3 Å². The number of ether oxygens (including phenoxy) is 1. The van der Waals surface area contributed by atoms with Gasteiger partial charge in [-0.3, -0.25) is 4.79 Å². The molecule has 0 bridgehead atoms. The topological polar surface area (TPSA) is 69.9 Å². The lowest BCUT2D eigenvalue weighted by molar-refractivity contribution is -0.148. The minimum atomic E-state index is -0.326. The Kier molecular flexibility index (Phi) is 3.62. The number of nitrogens with zero attached hydrogens (tertiary/aromatic N) is 4. The first-order chi connectivity index (χ1) is 7.30. The van der Waals surface area contributed by atoms with E-state index in [-0.39, 0.29) is 24.0 Å². The summed E-state index contributed by atoms with van der Waals surface area (Å²) in [5.41, 5.74) is -0.193. The molecule has 0 aliphatic rings. The normalized spacial score (nSPS) is 11.9. The van der Waals surface area contributed by atoms with Crippen LogP contribution < -0.4 is 0 Å². The number of aromatic nitrogens is 4. The third-order valence-corrected chi connectivity index (χ3v) is 1.85. The summed E-state index contributed by atoms with van der Waals surface area (Å²) >= 11 is 0. The van der Waals surface area contributed by atoms with Crippen molar-refractivity contribution in [2.45, 2.75) is 52.7 Å². The molecule has 1 heterocycles. The molecule has 6 heteroatoms. The Balaban J connectivity index is 2.75. The average molecular weight is 226 g/mol. The number of esters is 1. The molecule has 0 N–H and O–H groups in total. The Bertz CT molecular complexity index is 365. The van der Waals surface area contributed by atoms with E-state index in [4.69, 9.17) is 4.74 Å². The van der Waals surface area contributed by atoms with Gasteiger partial charge in [0.25, 0.3) is 0 Å². The lowest BCUT2D eigenvalue weighted by Crippen LogP contribution is -2.24. The van der Waals surface area contributed by atoms with Crippen LogP contribution in [0.1, 0.15) is 40.4 Å². The molecule has 0 amide bonds. The van der Waals surface area contributed by atoms with Crippen molar-refractivity contribution in [2.24, 2.45) is 0 Å². The number of hydrogen-bond acceptors (Lipinski definition) is 5. The Morgan fingerprint density at radius 2 is 2.06 bits per heavy atom. The molecular weight excluding hydrogens is 208 g/mol. The van der Waals surface area contributed by atoms with E-state index in [1.165, 1.54) is 4.68 Å². The molecule has 0 saturated heterocycles. The van der Waals surface area contributed by atoms with Crippen LogP contribution in [-0.2, 0) is 21.5 Å². The van der Waals surface area contributed by atoms with Crippen LogP contribution in [0.25, 0.3) is 0 Å². The Labute approximate surface area is 95.0 Å². The first-order valence-corrected chi connectivity index (χ1v) is 5.27. The molecule has 90 valence electrons. The van der Waals surface area contributed by atoms with Crippen molar-refractivity contribution >= 4 is 5.97 Å². The molecule has 0 fully saturated rings. The fourth-order valence-electron chi connectivity index (χ4n) is 1.27. The minimum absolute atomic E-state index is 0.0534. The van der Waals surface area contributed by atoms with Crippen molar-refractivity contribution in [2.75, 3.05) is 0 Å². The molecule has 0 aliphatic heterocycles. The Morgan fingerprint density at radius 1 is 1.44 bits per heavy atom. The van der Waals surface area contributed by atoms with Gasteiger partial charge < -0.3 is 4.74 Å². The molecule has 0 aromatic carbocycles. The fourth-order valence-corrected chi connectivity index (χ4v) is 1.27. The van der Waals surface area contributed by atoms with Crippen molar-refractivity contribution in [1.82, 2.24) is 20.2 Å². The van der Waals surface area contributed by atoms with Crippen LogP contribution >= 0.6 is 0 Å². The zero-order valence-electron chi connectivity index (χ0n) is 10.4. The molecule has 1 aromatic rings. The third-order valence-electron chi connectivity index (χ3n) is 1.85. The largest absolute Gasteiger partial charge is 0.462 e. The molecule has 16 heavy (non-hydrogen) atoms. The lowest BCUT2D eigenvalue weighted by atomic mass is 9.96. The molecule has 0 aliphatic carbocycles. The molecule has 1 aromatic heterocycles. The SMILES string of the molecule is CC(C)OC(=O)Cn1nnnc1C(C)(C)C. The van der Waals surface area contributed by atoms with Gasteiger partial charge in [0, 0.05) is 5.41 Å². The van der Waals surface area contributed by atoms with Gasteiger partial charge in [-0.25, -0.2) is 4.68 Å². The summed E-state index contributed by atoms with van der Waals surface area (Å²) in [6, 6.07) is 0. The highest BCUT2D eigenvalue weighted by molar-refractivity contribution is 5.69. The number of hydrogen-bond donors (Lipinski definition) is 0. The summed E-state index contributed by atoms with van der Waals surface area (Å²) in [5, 5.41) is 11.3. The van der Waals surface area contributed by atoms with E-state index >= 15 is 0 Å². The van der Waals surface area contributed by atoms with Gasteiger partial charge in [-0.2, -0.15) is 0 Å². The molecule has 0 radical (unpaired) electrons. The van der Waals surface area contributed by atoms with Gasteiger partial charge in [0.1, 0.15) is 6.54 Å². The van der Waals surface area contributed by atoms with Crippen LogP contribution in [0.15, 0.2) is 0 Å². The molecule has 0 spiro atoms. The summed E-state index contributed by atoms with van der Waals surface area (Å²) in [7, 11) is 0. The summed E-state index contributed by atoms with van der Waals surface area (Å²) < 4.78 is 6.51. The van der Waals surface area contributed by atoms with E-state index in [1.807, 2.05) is 34.6 Å². The highest BCUT2D eigenvalue weighted by Gasteiger charge is 2.23. The van der Waals surface area contributed by atoms with Crippen LogP contribution in [0.4, 0.5) is 0 Å². The average Bonchev–Trinajstić information content (AvgIpc) is 2.48. The van der Waals surface area contributed by atoms with Gasteiger partial charge >= 0.3 is 5.97 Å². The zero-order valence-corrected chi connectivity index (χ0v) is 10.4. The van der Waals surface area contributed by atoms with Crippen LogP contribution in [0.2, 0.25) is 0 Å². The van der Waals surface area contributed by atoms with Crippen LogP contribution in [0.3, 0.4) is 0 Å². The molecule has 0 atom stereocenters. The maximum Gasteiger partial charge on any atom is 0.328 e. The highest BCUT2D eigenvalue weighted by Crippen LogP contribution is 2.18. The van der Waals surface area contributed by atoms with Crippen molar-refractivity contribution in [3.05, 3.63) is 5.82 Å². The van der Waals surface area contributed by atoms with E-state index in [2.05, 4.69) is 15.5 Å². The van der Waals surface area contributed by atoms with Crippen LogP contribution in [0.5, 0.6) is 0 Å². The van der Waals surface area contributed by atoms with Gasteiger partial charge in [-0.1, -0.05) is 20.8 Å². The highest BCUT2D eigenvalue weighted by atomic mass is 16.5. The van der Waals surface area contributed by atoms with Crippen molar-refractivity contribution < 1.29 is 9.53 Å². The smallest absolute Gasteiger partial charge is 0.328 e. The number of carbonyl (C=O) groups excluding carboxylic acids is 1. The second-order valence-electron chi connectivity index (χ2n) is 4.95. The molecular formula is C10H18N4O2. The molecule has 0 unspecified atom stereocenters. The third kappa shape index (κ3) is 3.29. The predicted molar refractivity (Wildman–Crippen MR) is 57.7 cm³/mol. The van der Waals surface area contributed by atoms with Crippen molar-refractivity contribution in [3.63, 3.8) is 0 Å². The number of rotatable bonds is 3. The molecule has 1 rings (SSSR count). The maximum atomic E-state index is 11.5. The second kappa shape index (κ2) is 4.59. The summed E-state index contributed by atoms with van der Waals surface area (Å²) in [6.07, 6.45) is -0.123. The fraction of sp³-hybridized carbons (Fsp3) is 0.800. The minimum Gasteiger partial charge on any atom is -0.462 e. The van der Waals surface area contributed by atoms with Crippen molar-refractivity contribution in [1.29, 1.82) is 0 Å². The van der Waals surface area contributed by atoms with E-state index < -0.39 is 0 Å². The van der Waals surface area contributed by atoms with E-state index in [9.17, 15) is 4.79 Å². The summed E-state index contributed by atoms with van der Waals surface area (Å²) in [5.74, 6) is 0.348. The van der Waals surface area contributed by atoms with Gasteiger partial charge in [0.15, 0.2) is 5.82 Å². The first kappa shape index (κ1) is 12.6. The maximum absolute atomic E-state index is 11.5. The monoisotopic (exact) mass is 226 g/mol. The molecule has 6 nitrogen and oxygen atoms in total. The molecule has 0 saturated carbocycles. The van der Waals surface area contributed by atoms with Crippen molar-refractivity contribution in [3.8, 4) is 0 Å².